The van der Waals surface area contributed by atoms with Gasteiger partial charge in [0.25, 0.3) is 5.91 Å². The van der Waals surface area contributed by atoms with Crippen molar-refractivity contribution in [1.29, 1.82) is 5.26 Å². The van der Waals surface area contributed by atoms with Crippen LogP contribution in [0.5, 0.6) is 0 Å². The van der Waals surface area contributed by atoms with Crippen molar-refractivity contribution in [2.75, 3.05) is 6.54 Å². The standard InChI is InChI=1S/C21H17N5O/c1-2-10-24-21(27)17(14-22)13-18-15-26(19-6-4-3-5-7-19)25-20(18)16-8-11-23-12-9-16/h2-9,11-13,15H,1,10H2,(H,24,27)/b17-13+. The van der Waals surface area contributed by atoms with E-state index in [1.54, 1.807) is 35.4 Å². The summed E-state index contributed by atoms with van der Waals surface area (Å²) < 4.78 is 1.72. The first-order valence-electron chi connectivity index (χ1n) is 8.29. The van der Waals surface area contributed by atoms with Crippen LogP contribution in [0.1, 0.15) is 5.56 Å². The number of amides is 1. The van der Waals surface area contributed by atoms with Crippen molar-refractivity contribution in [1.82, 2.24) is 20.1 Å². The molecule has 1 aromatic carbocycles. The fraction of sp³-hybridized carbons (Fsp3) is 0.0476. The predicted molar refractivity (Wildman–Crippen MR) is 104 cm³/mol. The zero-order valence-electron chi connectivity index (χ0n) is 14.5. The molecule has 27 heavy (non-hydrogen) atoms. The number of aromatic nitrogens is 3. The molecule has 0 spiro atoms. The molecule has 0 atom stereocenters. The molecule has 0 aliphatic carbocycles. The predicted octanol–water partition coefficient (Wildman–Crippen LogP) is 3.14. The summed E-state index contributed by atoms with van der Waals surface area (Å²) in [6, 6.07) is 15.2. The highest BCUT2D eigenvalue weighted by molar-refractivity contribution is 6.02. The Hall–Kier alpha value is -3.98. The van der Waals surface area contributed by atoms with Crippen LogP contribution in [0.3, 0.4) is 0 Å². The highest BCUT2D eigenvalue weighted by Crippen LogP contribution is 2.25. The fourth-order valence-electron chi connectivity index (χ4n) is 2.50. The number of nitrogens with zero attached hydrogens (tertiary/aromatic N) is 4. The Kier molecular flexibility index (Phi) is 5.55. The molecular formula is C21H17N5O. The summed E-state index contributed by atoms with van der Waals surface area (Å²) in [5.41, 5.74) is 3.04. The number of nitriles is 1. The zero-order chi connectivity index (χ0) is 19.1. The molecule has 0 aliphatic heterocycles. The maximum absolute atomic E-state index is 12.2. The highest BCUT2D eigenvalue weighted by Gasteiger charge is 2.14. The topological polar surface area (TPSA) is 83.6 Å². The number of hydrogen-bond acceptors (Lipinski definition) is 4. The number of carbonyl (C=O) groups excluding carboxylic acids is 1. The maximum atomic E-state index is 12.2. The van der Waals surface area contributed by atoms with Gasteiger partial charge in [0.2, 0.25) is 0 Å². The Balaban J connectivity index is 2.09. The first-order chi connectivity index (χ1) is 13.2. The van der Waals surface area contributed by atoms with Crippen molar-refractivity contribution in [3.05, 3.63) is 84.8 Å². The van der Waals surface area contributed by atoms with E-state index in [0.717, 1.165) is 11.3 Å². The summed E-state index contributed by atoms with van der Waals surface area (Å²) in [6.07, 6.45) is 8.24. The molecule has 0 saturated carbocycles. The van der Waals surface area contributed by atoms with Gasteiger partial charge >= 0.3 is 0 Å². The molecule has 0 saturated heterocycles. The van der Waals surface area contributed by atoms with Crippen LogP contribution in [-0.4, -0.2) is 27.2 Å². The molecule has 0 unspecified atom stereocenters. The van der Waals surface area contributed by atoms with Crippen LogP contribution in [0.4, 0.5) is 0 Å². The lowest BCUT2D eigenvalue weighted by molar-refractivity contribution is -0.116. The minimum Gasteiger partial charge on any atom is -0.348 e. The lowest BCUT2D eigenvalue weighted by Gasteiger charge is -2.01. The van der Waals surface area contributed by atoms with Crippen molar-refractivity contribution in [3.8, 4) is 23.0 Å². The smallest absolute Gasteiger partial charge is 0.262 e. The summed E-state index contributed by atoms with van der Waals surface area (Å²) in [6.45, 7) is 3.85. The van der Waals surface area contributed by atoms with E-state index in [4.69, 9.17) is 0 Å². The SMILES string of the molecule is C=CCNC(=O)/C(C#N)=C/c1cn(-c2ccccc2)nc1-c1ccncc1. The van der Waals surface area contributed by atoms with Crippen LogP contribution in [0.2, 0.25) is 0 Å². The molecule has 0 fully saturated rings. The molecule has 1 N–H and O–H groups in total. The zero-order valence-corrected chi connectivity index (χ0v) is 14.5. The normalized spacial score (nSPS) is 10.9. The third-order valence-corrected chi connectivity index (χ3v) is 3.79. The second-order valence-corrected chi connectivity index (χ2v) is 5.62. The van der Waals surface area contributed by atoms with Crippen LogP contribution in [0, 0.1) is 11.3 Å². The van der Waals surface area contributed by atoms with Gasteiger partial charge in [-0.3, -0.25) is 9.78 Å². The molecule has 2 heterocycles. The van der Waals surface area contributed by atoms with Crippen LogP contribution in [0.25, 0.3) is 23.0 Å². The Morgan fingerprint density at radius 1 is 1.22 bits per heavy atom. The fourth-order valence-corrected chi connectivity index (χ4v) is 2.50. The molecular weight excluding hydrogens is 338 g/mol. The number of benzene rings is 1. The molecule has 6 heteroatoms. The molecule has 2 aromatic heterocycles. The maximum Gasteiger partial charge on any atom is 0.262 e. The second kappa shape index (κ2) is 8.41. The van der Waals surface area contributed by atoms with E-state index in [1.165, 1.54) is 0 Å². The average Bonchev–Trinajstić information content (AvgIpc) is 3.15. The van der Waals surface area contributed by atoms with E-state index >= 15 is 0 Å². The molecule has 3 aromatic rings. The van der Waals surface area contributed by atoms with Crippen LogP contribution >= 0.6 is 0 Å². The van der Waals surface area contributed by atoms with Gasteiger partial charge in [-0.1, -0.05) is 24.3 Å². The third-order valence-electron chi connectivity index (χ3n) is 3.79. The summed E-state index contributed by atoms with van der Waals surface area (Å²) in [4.78, 5) is 16.2. The summed E-state index contributed by atoms with van der Waals surface area (Å²) in [5, 5.41) is 16.7. The summed E-state index contributed by atoms with van der Waals surface area (Å²) >= 11 is 0. The quantitative estimate of drug-likeness (QED) is 0.418. The van der Waals surface area contributed by atoms with Gasteiger partial charge in [0.15, 0.2) is 0 Å². The van der Waals surface area contributed by atoms with E-state index in [-0.39, 0.29) is 5.57 Å². The summed E-state index contributed by atoms with van der Waals surface area (Å²) in [5.74, 6) is -0.453. The van der Waals surface area contributed by atoms with E-state index in [0.29, 0.717) is 17.8 Å². The number of hydrogen-bond donors (Lipinski definition) is 1. The van der Waals surface area contributed by atoms with Gasteiger partial charge in [-0.2, -0.15) is 10.4 Å². The molecule has 1 amide bonds. The molecule has 132 valence electrons. The largest absolute Gasteiger partial charge is 0.348 e. The van der Waals surface area contributed by atoms with E-state index < -0.39 is 5.91 Å². The van der Waals surface area contributed by atoms with Crippen molar-refractivity contribution in [2.45, 2.75) is 0 Å². The molecule has 6 nitrogen and oxygen atoms in total. The second-order valence-electron chi connectivity index (χ2n) is 5.62. The molecule has 0 radical (unpaired) electrons. The Morgan fingerprint density at radius 2 is 1.96 bits per heavy atom. The Labute approximate surface area is 157 Å². The van der Waals surface area contributed by atoms with Gasteiger partial charge in [0, 0.05) is 36.3 Å². The number of pyridine rings is 1. The van der Waals surface area contributed by atoms with E-state index in [2.05, 4.69) is 22.0 Å². The first kappa shape index (κ1) is 17.8. The molecule has 0 bridgehead atoms. The minimum absolute atomic E-state index is 0.000215. The number of nitrogens with one attached hydrogen (secondary N) is 1. The van der Waals surface area contributed by atoms with Crippen molar-refractivity contribution in [2.24, 2.45) is 0 Å². The van der Waals surface area contributed by atoms with Gasteiger partial charge in [-0.15, -0.1) is 6.58 Å². The van der Waals surface area contributed by atoms with Crippen LogP contribution in [0.15, 0.2) is 79.3 Å². The van der Waals surface area contributed by atoms with Gasteiger partial charge in [0.1, 0.15) is 17.3 Å². The summed E-state index contributed by atoms with van der Waals surface area (Å²) in [7, 11) is 0. The number of rotatable bonds is 6. The third kappa shape index (κ3) is 4.17. The van der Waals surface area contributed by atoms with Crippen molar-refractivity contribution < 1.29 is 4.79 Å². The lowest BCUT2D eigenvalue weighted by atomic mass is 10.1. The van der Waals surface area contributed by atoms with Crippen molar-refractivity contribution >= 4 is 12.0 Å². The van der Waals surface area contributed by atoms with Gasteiger partial charge in [-0.25, -0.2) is 4.68 Å². The van der Waals surface area contributed by atoms with E-state index in [1.807, 2.05) is 48.5 Å². The Bertz CT molecular complexity index is 1010. The molecule has 3 rings (SSSR count). The monoisotopic (exact) mass is 355 g/mol. The number of carbonyl (C=O) groups is 1. The van der Waals surface area contributed by atoms with Crippen LogP contribution in [-0.2, 0) is 4.79 Å². The lowest BCUT2D eigenvalue weighted by Crippen LogP contribution is -2.24. The first-order valence-corrected chi connectivity index (χ1v) is 8.29. The van der Waals surface area contributed by atoms with Gasteiger partial charge in [-0.05, 0) is 30.3 Å². The van der Waals surface area contributed by atoms with Gasteiger partial charge in [0.05, 0.1) is 5.69 Å². The highest BCUT2D eigenvalue weighted by atomic mass is 16.1. The van der Waals surface area contributed by atoms with Gasteiger partial charge < -0.3 is 5.32 Å². The minimum atomic E-state index is -0.453. The van der Waals surface area contributed by atoms with Crippen molar-refractivity contribution in [3.63, 3.8) is 0 Å². The van der Waals surface area contributed by atoms with Crippen LogP contribution < -0.4 is 5.32 Å². The Morgan fingerprint density at radius 3 is 2.63 bits per heavy atom. The number of para-hydroxylation sites is 1. The average molecular weight is 355 g/mol. The van der Waals surface area contributed by atoms with E-state index in [9.17, 15) is 10.1 Å². The molecule has 0 aliphatic rings.